The summed E-state index contributed by atoms with van der Waals surface area (Å²) in [5.41, 5.74) is 7.28. The van der Waals surface area contributed by atoms with Gasteiger partial charge in [0.05, 0.1) is 0 Å². The Morgan fingerprint density at radius 3 is 2.39 bits per heavy atom. The van der Waals surface area contributed by atoms with E-state index in [9.17, 15) is 9.59 Å². The number of carbonyl (C=O) groups is 2. The Morgan fingerprint density at radius 1 is 1.33 bits per heavy atom. The molecule has 0 radical (unpaired) electrons. The van der Waals surface area contributed by atoms with Crippen LogP contribution in [0.1, 0.15) is 50.0 Å². The maximum Gasteiger partial charge on any atom is 0.248 e. The first-order valence-corrected chi connectivity index (χ1v) is 6.00. The van der Waals surface area contributed by atoms with Gasteiger partial charge in [0.2, 0.25) is 11.8 Å². The highest BCUT2D eigenvalue weighted by Gasteiger charge is 2.24. The summed E-state index contributed by atoms with van der Waals surface area (Å²) in [5, 5.41) is 2.72. The van der Waals surface area contributed by atoms with Crippen LogP contribution in [0.25, 0.3) is 0 Å². The normalized spacial score (nSPS) is 11.1. The topological polar surface area (TPSA) is 72.2 Å². The second kappa shape index (κ2) is 5.21. The van der Waals surface area contributed by atoms with Gasteiger partial charge < -0.3 is 11.1 Å². The number of nitrogens with one attached hydrogen (secondary N) is 1. The Kier molecular flexibility index (Phi) is 4.11. The summed E-state index contributed by atoms with van der Waals surface area (Å²) < 4.78 is 0. The van der Waals surface area contributed by atoms with Gasteiger partial charge in [-0.3, -0.25) is 9.59 Å². The van der Waals surface area contributed by atoms with Crippen LogP contribution >= 0.6 is 0 Å². The minimum absolute atomic E-state index is 0.137. The van der Waals surface area contributed by atoms with E-state index in [0.29, 0.717) is 11.3 Å². The summed E-state index contributed by atoms with van der Waals surface area (Å²) in [7, 11) is 0. The monoisotopic (exact) mass is 248 g/mol. The van der Waals surface area contributed by atoms with Crippen LogP contribution in [-0.4, -0.2) is 11.8 Å². The largest absolute Gasteiger partial charge is 0.366 e. The van der Waals surface area contributed by atoms with Crippen LogP contribution in [0.2, 0.25) is 0 Å². The first kappa shape index (κ1) is 14.2. The standard InChI is InChI=1S/C14H20N2O2/c1-5-14(3,4)12-8-10(16-9(2)17)6-7-11(12)13(15)18/h6-8H,5H2,1-4H3,(H2,15,18)(H,16,17). The van der Waals surface area contributed by atoms with Crippen molar-refractivity contribution in [1.29, 1.82) is 0 Å². The Morgan fingerprint density at radius 2 is 1.94 bits per heavy atom. The SMILES string of the molecule is CCC(C)(C)c1cc(NC(C)=O)ccc1C(N)=O. The maximum atomic E-state index is 11.5. The van der Waals surface area contributed by atoms with Gasteiger partial charge in [0.25, 0.3) is 0 Å². The van der Waals surface area contributed by atoms with Crippen molar-refractivity contribution in [3.8, 4) is 0 Å². The summed E-state index contributed by atoms with van der Waals surface area (Å²) in [4.78, 5) is 22.5. The van der Waals surface area contributed by atoms with Gasteiger partial charge in [0, 0.05) is 18.2 Å². The molecule has 3 N–H and O–H groups in total. The lowest BCUT2D eigenvalue weighted by atomic mass is 9.79. The van der Waals surface area contributed by atoms with Gasteiger partial charge in [-0.25, -0.2) is 0 Å². The van der Waals surface area contributed by atoms with Crippen LogP contribution in [-0.2, 0) is 10.2 Å². The third-order valence-electron chi connectivity index (χ3n) is 3.22. The van der Waals surface area contributed by atoms with Crippen molar-refractivity contribution in [1.82, 2.24) is 0 Å². The molecule has 0 aliphatic rings. The van der Waals surface area contributed by atoms with Crippen molar-refractivity contribution in [2.75, 3.05) is 5.32 Å². The molecule has 4 nitrogen and oxygen atoms in total. The molecule has 4 heteroatoms. The fraction of sp³-hybridized carbons (Fsp3) is 0.429. The van der Waals surface area contributed by atoms with Gasteiger partial charge in [-0.05, 0) is 35.6 Å². The van der Waals surface area contributed by atoms with Crippen molar-refractivity contribution in [3.63, 3.8) is 0 Å². The number of nitrogens with two attached hydrogens (primary N) is 1. The summed E-state index contributed by atoms with van der Waals surface area (Å²) in [6.07, 6.45) is 0.872. The quantitative estimate of drug-likeness (QED) is 0.859. The first-order valence-electron chi connectivity index (χ1n) is 6.00. The maximum absolute atomic E-state index is 11.5. The van der Waals surface area contributed by atoms with Crippen molar-refractivity contribution < 1.29 is 9.59 Å². The van der Waals surface area contributed by atoms with Crippen LogP contribution in [0.3, 0.4) is 0 Å². The number of hydrogen-bond acceptors (Lipinski definition) is 2. The average Bonchev–Trinajstić information content (AvgIpc) is 2.27. The number of hydrogen-bond donors (Lipinski definition) is 2. The molecule has 0 aliphatic heterocycles. The van der Waals surface area contributed by atoms with Gasteiger partial charge in [-0.15, -0.1) is 0 Å². The first-order chi connectivity index (χ1) is 8.27. The van der Waals surface area contributed by atoms with Gasteiger partial charge in [0.1, 0.15) is 0 Å². The highest BCUT2D eigenvalue weighted by Crippen LogP contribution is 2.31. The van der Waals surface area contributed by atoms with E-state index in [-0.39, 0.29) is 11.3 Å². The molecular weight excluding hydrogens is 228 g/mol. The Balaban J connectivity index is 3.33. The highest BCUT2D eigenvalue weighted by molar-refractivity contribution is 5.96. The van der Waals surface area contributed by atoms with E-state index in [1.165, 1.54) is 6.92 Å². The molecule has 0 aromatic heterocycles. The Hall–Kier alpha value is -1.84. The number of rotatable bonds is 4. The molecule has 1 rings (SSSR count). The molecule has 0 aliphatic carbocycles. The van der Waals surface area contributed by atoms with Crippen molar-refractivity contribution in [2.24, 2.45) is 5.73 Å². The van der Waals surface area contributed by atoms with Crippen LogP contribution in [0.5, 0.6) is 0 Å². The minimum Gasteiger partial charge on any atom is -0.366 e. The predicted octanol–water partition coefficient (Wildman–Crippen LogP) is 2.43. The number of anilines is 1. The number of amides is 2. The Bertz CT molecular complexity index is 479. The lowest BCUT2D eigenvalue weighted by molar-refractivity contribution is -0.114. The molecule has 0 atom stereocenters. The lowest BCUT2D eigenvalue weighted by Crippen LogP contribution is -2.23. The fourth-order valence-electron chi connectivity index (χ4n) is 1.79. The van der Waals surface area contributed by atoms with Crippen LogP contribution in [0, 0.1) is 0 Å². The zero-order valence-corrected chi connectivity index (χ0v) is 11.3. The van der Waals surface area contributed by atoms with Gasteiger partial charge in [0.15, 0.2) is 0 Å². The summed E-state index contributed by atoms with van der Waals surface area (Å²) in [6.45, 7) is 7.60. The molecule has 0 saturated carbocycles. The fourth-order valence-corrected chi connectivity index (χ4v) is 1.79. The predicted molar refractivity (Wildman–Crippen MR) is 72.6 cm³/mol. The summed E-state index contributed by atoms with van der Waals surface area (Å²) in [6, 6.07) is 5.18. The summed E-state index contributed by atoms with van der Waals surface area (Å²) in [5.74, 6) is -0.581. The smallest absolute Gasteiger partial charge is 0.248 e. The van der Waals surface area contributed by atoms with E-state index in [2.05, 4.69) is 12.2 Å². The van der Waals surface area contributed by atoms with Gasteiger partial charge in [-0.1, -0.05) is 20.8 Å². The van der Waals surface area contributed by atoms with Crippen molar-refractivity contribution in [3.05, 3.63) is 29.3 Å². The number of carbonyl (C=O) groups excluding carboxylic acids is 2. The van der Waals surface area contributed by atoms with Crippen molar-refractivity contribution in [2.45, 2.75) is 39.5 Å². The molecule has 1 aromatic carbocycles. The van der Waals surface area contributed by atoms with Crippen molar-refractivity contribution >= 4 is 17.5 Å². The molecule has 0 fully saturated rings. The van der Waals surface area contributed by atoms with E-state index in [1.54, 1.807) is 12.1 Å². The molecule has 0 unspecified atom stereocenters. The zero-order chi connectivity index (χ0) is 13.9. The minimum atomic E-state index is -0.444. The van der Waals surface area contributed by atoms with Crippen LogP contribution in [0.4, 0.5) is 5.69 Å². The van der Waals surface area contributed by atoms with E-state index < -0.39 is 5.91 Å². The summed E-state index contributed by atoms with van der Waals surface area (Å²) >= 11 is 0. The van der Waals surface area contributed by atoms with E-state index in [0.717, 1.165) is 12.0 Å². The third-order valence-corrected chi connectivity index (χ3v) is 3.22. The molecule has 0 saturated heterocycles. The molecule has 98 valence electrons. The van der Waals surface area contributed by atoms with E-state index >= 15 is 0 Å². The molecule has 2 amide bonds. The third kappa shape index (κ3) is 3.09. The molecular formula is C14H20N2O2. The molecule has 0 heterocycles. The Labute approximate surface area is 108 Å². The molecule has 0 bridgehead atoms. The molecule has 1 aromatic rings. The number of benzene rings is 1. The highest BCUT2D eigenvalue weighted by atomic mass is 16.1. The molecule has 18 heavy (non-hydrogen) atoms. The second-order valence-corrected chi connectivity index (χ2v) is 5.04. The van der Waals surface area contributed by atoms with Gasteiger partial charge in [-0.2, -0.15) is 0 Å². The van der Waals surface area contributed by atoms with Gasteiger partial charge >= 0.3 is 0 Å². The lowest BCUT2D eigenvalue weighted by Gasteiger charge is -2.26. The van der Waals surface area contributed by atoms with Crippen LogP contribution < -0.4 is 11.1 Å². The zero-order valence-electron chi connectivity index (χ0n) is 11.3. The average molecular weight is 248 g/mol. The van der Waals surface area contributed by atoms with E-state index in [1.807, 2.05) is 19.9 Å². The molecule has 0 spiro atoms. The number of primary amides is 1. The van der Waals surface area contributed by atoms with E-state index in [4.69, 9.17) is 5.73 Å². The second-order valence-electron chi connectivity index (χ2n) is 5.04. The van der Waals surface area contributed by atoms with Crippen LogP contribution in [0.15, 0.2) is 18.2 Å².